The molecule has 0 fully saturated rings. The number of benzene rings is 2. The second-order valence-electron chi connectivity index (χ2n) is 16.7. The topological polar surface area (TPSA) is 245 Å². The summed E-state index contributed by atoms with van der Waals surface area (Å²) in [6.07, 6.45) is 6.22. The molecule has 20 heteroatoms. The maximum atomic E-state index is 14.2. The van der Waals surface area contributed by atoms with Crippen LogP contribution in [0.2, 0.25) is 0 Å². The highest BCUT2D eigenvalue weighted by Crippen LogP contribution is 2.30. The van der Waals surface area contributed by atoms with E-state index in [1.54, 1.807) is 0 Å². The molecule has 0 spiro atoms. The minimum atomic E-state index is -0.675. The molecule has 0 radical (unpaired) electrons. The first-order chi connectivity index (χ1) is 33.6. The number of nitroso groups, excluding NO2 is 1. The average molecular weight is 1010 g/mol. The first-order valence-corrected chi connectivity index (χ1v) is 24.7. The van der Waals surface area contributed by atoms with Crippen molar-refractivity contribution in [3.8, 4) is 11.1 Å². The van der Waals surface area contributed by atoms with Gasteiger partial charge in [0.25, 0.3) is 5.91 Å². The van der Waals surface area contributed by atoms with Gasteiger partial charge in [-0.15, -0.1) is 4.91 Å². The zero-order valence-corrected chi connectivity index (χ0v) is 42.9. The number of nitrogens with zero attached hydrogens (tertiary/aromatic N) is 2. The van der Waals surface area contributed by atoms with Crippen LogP contribution in [0.25, 0.3) is 11.1 Å². The third-order valence-corrected chi connectivity index (χ3v) is 10.3. The molecule has 0 aliphatic carbocycles. The number of halogens is 2. The van der Waals surface area contributed by atoms with Gasteiger partial charge in [0.15, 0.2) is 0 Å². The van der Waals surface area contributed by atoms with Crippen LogP contribution < -0.4 is 27.4 Å². The van der Waals surface area contributed by atoms with E-state index in [1.165, 1.54) is 36.5 Å². The Morgan fingerprint density at radius 2 is 1.44 bits per heavy atom. The van der Waals surface area contributed by atoms with E-state index >= 15 is 0 Å². The van der Waals surface area contributed by atoms with Gasteiger partial charge in [0.2, 0.25) is 17.7 Å². The number of carbonyl (C=O) groups excluding carboxylic acids is 5. The van der Waals surface area contributed by atoms with Crippen LogP contribution in [-0.4, -0.2) is 132 Å². The molecule has 1 unspecified atom stereocenters. The van der Waals surface area contributed by atoms with Crippen molar-refractivity contribution in [3.63, 3.8) is 0 Å². The Balaban J connectivity index is 0.00000104. The van der Waals surface area contributed by atoms with Crippen LogP contribution >= 0.6 is 11.8 Å². The van der Waals surface area contributed by atoms with E-state index in [4.69, 9.17) is 24.7 Å². The van der Waals surface area contributed by atoms with Gasteiger partial charge in [-0.1, -0.05) is 71.4 Å². The maximum absolute atomic E-state index is 14.2. The maximum Gasteiger partial charge on any atom is 0.287 e. The van der Waals surface area contributed by atoms with Gasteiger partial charge in [-0.25, -0.2) is 8.78 Å². The molecule has 4 amide bonds. The lowest BCUT2D eigenvalue weighted by Crippen LogP contribution is -2.38. The standard InChI is InChI=1S/C22H23F2N.C19H36N2O7.C8H15N3O3S.CH5N/c1-22(2,3)13-19-11-17(20-12-18(23)9-10-21(20)24)15-25(19)14-16-7-5-4-6-8-16;1-3-17(2)15-18(23)21-16-19(24)20-5-8-26-10-12-28-14-13-27-11-9-25-7-4-6-22;9-3-1-4-10-8(13)6-15-5-2-7(12)11-14;1-2/h4-12,15H,13-14H2,1-3H3;6,17H,3-5,7-16H2,1-2H3,(H,20,24)(H,21,23);1-6,9H2,(H,10,13);2H2,1H3. The molecule has 3 rings (SSSR count). The number of thioether (sulfide) groups is 1. The minimum Gasteiger partial charge on any atom is -0.379 e. The predicted octanol–water partition coefficient (Wildman–Crippen LogP) is 5.82. The molecule has 2 aromatic carbocycles. The van der Waals surface area contributed by atoms with Gasteiger partial charge in [-0.2, -0.15) is 11.8 Å². The normalized spacial score (nSPS) is 11.1. The lowest BCUT2D eigenvalue weighted by molar-refractivity contribution is -0.126. The van der Waals surface area contributed by atoms with Crippen LogP contribution in [-0.2, 0) is 55.9 Å². The Hall–Kier alpha value is -4.96. The first-order valence-electron chi connectivity index (χ1n) is 23.6. The van der Waals surface area contributed by atoms with Crippen molar-refractivity contribution in [3.05, 3.63) is 88.6 Å². The number of hydrogen-bond acceptors (Lipinski definition) is 13. The zero-order valence-electron chi connectivity index (χ0n) is 42.1. The van der Waals surface area contributed by atoms with E-state index in [0.29, 0.717) is 115 Å². The zero-order chi connectivity index (χ0) is 52.4. The second-order valence-corrected chi connectivity index (χ2v) is 17.8. The summed E-state index contributed by atoms with van der Waals surface area (Å²) in [7, 11) is 1.50. The smallest absolute Gasteiger partial charge is 0.287 e. The van der Waals surface area contributed by atoms with Crippen molar-refractivity contribution in [2.75, 3.05) is 97.6 Å². The Bertz CT molecular complexity index is 1890. The predicted molar refractivity (Wildman–Crippen MR) is 272 cm³/mol. The summed E-state index contributed by atoms with van der Waals surface area (Å²) in [5.74, 6) is -0.877. The Kier molecular flexibility index (Phi) is 38.8. The van der Waals surface area contributed by atoms with Crippen LogP contribution in [0.15, 0.2) is 66.0 Å². The third-order valence-electron chi connectivity index (χ3n) is 9.37. The SMILES string of the molecule is CC(C)(C)Cc1cc(-c2cc(F)ccc2F)cn1Cc1ccccc1.CCC(C)CC(=O)NCC(=O)NCCOCCOCCOCCOCCC=O.CN.NCCCNC(=O)CSCCC(=O)N=O. The van der Waals surface area contributed by atoms with Crippen LogP contribution in [0, 0.1) is 27.9 Å². The number of nitrogens with two attached hydrogens (primary N) is 2. The van der Waals surface area contributed by atoms with E-state index < -0.39 is 17.5 Å². The molecule has 70 heavy (non-hydrogen) atoms. The van der Waals surface area contributed by atoms with Crippen molar-refractivity contribution in [1.29, 1.82) is 0 Å². The highest BCUT2D eigenvalue weighted by molar-refractivity contribution is 7.99. The van der Waals surface area contributed by atoms with Crippen molar-refractivity contribution < 1.29 is 51.7 Å². The van der Waals surface area contributed by atoms with Crippen molar-refractivity contribution in [2.24, 2.45) is 28.0 Å². The van der Waals surface area contributed by atoms with Gasteiger partial charge in [0.1, 0.15) is 17.9 Å². The largest absolute Gasteiger partial charge is 0.379 e. The minimum absolute atomic E-state index is 0.0134. The van der Waals surface area contributed by atoms with Crippen molar-refractivity contribution >= 4 is 41.7 Å². The average Bonchev–Trinajstić information content (AvgIpc) is 3.72. The van der Waals surface area contributed by atoms with Crippen LogP contribution in [0.3, 0.4) is 0 Å². The van der Waals surface area contributed by atoms with E-state index in [0.717, 1.165) is 37.3 Å². The molecule has 0 aliphatic rings. The summed E-state index contributed by atoms with van der Waals surface area (Å²) < 4.78 is 51.0. The van der Waals surface area contributed by atoms with Gasteiger partial charge in [-0.3, -0.25) is 19.2 Å². The van der Waals surface area contributed by atoms with Crippen molar-refractivity contribution in [1.82, 2.24) is 20.5 Å². The molecule has 0 bridgehead atoms. The molecular weight excluding hydrogens is 929 g/mol. The summed E-state index contributed by atoms with van der Waals surface area (Å²) in [5.41, 5.74) is 13.2. The summed E-state index contributed by atoms with van der Waals surface area (Å²) in [6, 6.07) is 15.7. The molecule has 1 atom stereocenters. The van der Waals surface area contributed by atoms with E-state index in [1.807, 2.05) is 44.3 Å². The molecule has 3 aromatic rings. The number of carbonyl (C=O) groups is 5. The quantitative estimate of drug-likeness (QED) is 0.0282. The van der Waals surface area contributed by atoms with Gasteiger partial charge in [0.05, 0.1) is 65.2 Å². The fraction of sp³-hybridized carbons (Fsp3) is 0.580. The van der Waals surface area contributed by atoms with Gasteiger partial charge < -0.3 is 55.7 Å². The van der Waals surface area contributed by atoms with Gasteiger partial charge in [0, 0.05) is 72.8 Å². The van der Waals surface area contributed by atoms with E-state index in [-0.39, 0.29) is 41.9 Å². The second kappa shape index (κ2) is 41.8. The molecule has 1 aromatic heterocycles. The highest BCUT2D eigenvalue weighted by atomic mass is 32.2. The van der Waals surface area contributed by atoms with E-state index in [2.05, 4.69) is 64.3 Å². The molecule has 1 heterocycles. The number of aromatic nitrogens is 1. The van der Waals surface area contributed by atoms with E-state index in [9.17, 15) is 37.7 Å². The van der Waals surface area contributed by atoms with Crippen molar-refractivity contribution in [2.45, 2.75) is 79.7 Å². The summed E-state index contributed by atoms with van der Waals surface area (Å²) in [5, 5.41) is 10.2. The lowest BCUT2D eigenvalue weighted by atomic mass is 9.90. The number of hydrogen-bond donors (Lipinski definition) is 5. The molecular formula is C50H79F2N7O10S. The fourth-order valence-corrected chi connectivity index (χ4v) is 6.47. The van der Waals surface area contributed by atoms with Crippen LogP contribution in [0.1, 0.15) is 78.0 Å². The monoisotopic (exact) mass is 1010 g/mol. The summed E-state index contributed by atoms with van der Waals surface area (Å²) in [6.45, 7) is 16.3. The first kappa shape index (κ1) is 65.0. The molecule has 0 saturated carbocycles. The third kappa shape index (κ3) is 35.2. The molecule has 394 valence electrons. The fourth-order valence-electron chi connectivity index (χ4n) is 5.72. The number of rotatable bonds is 32. The number of aldehydes is 1. The molecule has 17 nitrogen and oxygen atoms in total. The van der Waals surface area contributed by atoms with Crippen LogP contribution in [0.5, 0.6) is 0 Å². The molecule has 0 aliphatic heterocycles. The highest BCUT2D eigenvalue weighted by Gasteiger charge is 2.18. The Morgan fingerprint density at radius 3 is 2.03 bits per heavy atom. The number of amides is 4. The Morgan fingerprint density at radius 1 is 0.829 bits per heavy atom. The number of nitrogens with one attached hydrogen (secondary N) is 3. The van der Waals surface area contributed by atoms with Gasteiger partial charge >= 0.3 is 0 Å². The Labute approximate surface area is 417 Å². The summed E-state index contributed by atoms with van der Waals surface area (Å²) >= 11 is 1.30. The lowest BCUT2D eigenvalue weighted by Gasteiger charge is -2.19. The number of ether oxygens (including phenoxy) is 4. The van der Waals surface area contributed by atoms with Gasteiger partial charge in [-0.05, 0) is 67.6 Å². The molecule has 7 N–H and O–H groups in total. The molecule has 0 saturated heterocycles. The summed E-state index contributed by atoms with van der Waals surface area (Å²) in [4.78, 5) is 64.5. The van der Waals surface area contributed by atoms with Crippen LogP contribution in [0.4, 0.5) is 8.78 Å².